The summed E-state index contributed by atoms with van der Waals surface area (Å²) in [5, 5.41) is 8.74. The van der Waals surface area contributed by atoms with Crippen molar-refractivity contribution in [2.24, 2.45) is 0 Å². The SMILES string of the molecule is CCCN1c2nnc(-c3ccc(C)cc3)n2C2C1C(=O)N(C)C(=O)N2C. The molecule has 8 heteroatoms. The van der Waals surface area contributed by atoms with Crippen LogP contribution in [0.5, 0.6) is 0 Å². The average molecular weight is 354 g/mol. The molecule has 3 amide bonds. The molecule has 0 spiro atoms. The van der Waals surface area contributed by atoms with E-state index in [-0.39, 0.29) is 11.9 Å². The number of imide groups is 1. The van der Waals surface area contributed by atoms with E-state index in [1.807, 2.05) is 40.7 Å². The Morgan fingerprint density at radius 1 is 1.08 bits per heavy atom. The van der Waals surface area contributed by atoms with Crippen LogP contribution in [0.4, 0.5) is 10.7 Å². The summed E-state index contributed by atoms with van der Waals surface area (Å²) in [4.78, 5) is 30.2. The highest BCUT2D eigenvalue weighted by Crippen LogP contribution is 2.42. The van der Waals surface area contributed by atoms with Gasteiger partial charge in [0.05, 0.1) is 0 Å². The summed E-state index contributed by atoms with van der Waals surface area (Å²) in [7, 11) is 3.25. The van der Waals surface area contributed by atoms with Crippen LogP contribution in [0, 0.1) is 6.92 Å². The number of nitrogens with zero attached hydrogens (tertiary/aromatic N) is 6. The van der Waals surface area contributed by atoms with Crippen LogP contribution in [0.3, 0.4) is 0 Å². The molecular weight excluding hydrogens is 332 g/mol. The van der Waals surface area contributed by atoms with Crippen LogP contribution >= 0.6 is 0 Å². The highest BCUT2D eigenvalue weighted by atomic mass is 16.2. The maximum atomic E-state index is 12.9. The molecule has 0 saturated carbocycles. The topological polar surface area (TPSA) is 74.6 Å². The van der Waals surface area contributed by atoms with Crippen LogP contribution in [0.2, 0.25) is 0 Å². The molecule has 8 nitrogen and oxygen atoms in total. The molecule has 0 N–H and O–H groups in total. The molecular formula is C18H22N6O2. The molecule has 1 aromatic heterocycles. The number of aryl methyl sites for hydroxylation is 1. The number of anilines is 1. The molecule has 3 heterocycles. The lowest BCUT2D eigenvalue weighted by molar-refractivity contribution is -0.133. The van der Waals surface area contributed by atoms with Crippen LogP contribution in [-0.2, 0) is 4.79 Å². The van der Waals surface area contributed by atoms with E-state index in [2.05, 4.69) is 17.1 Å². The third kappa shape index (κ3) is 2.14. The van der Waals surface area contributed by atoms with Gasteiger partial charge < -0.3 is 9.80 Å². The fraction of sp³-hybridized carbons (Fsp3) is 0.444. The Bertz CT molecular complexity index is 874. The Labute approximate surface area is 152 Å². The second-order valence-corrected chi connectivity index (χ2v) is 6.90. The molecule has 26 heavy (non-hydrogen) atoms. The summed E-state index contributed by atoms with van der Waals surface area (Å²) in [5.74, 6) is 1.11. The number of aromatic nitrogens is 3. The Balaban J connectivity index is 1.88. The van der Waals surface area contributed by atoms with E-state index in [9.17, 15) is 9.59 Å². The number of rotatable bonds is 3. The Morgan fingerprint density at radius 3 is 2.42 bits per heavy atom. The third-order valence-corrected chi connectivity index (χ3v) is 5.16. The van der Waals surface area contributed by atoms with Gasteiger partial charge in [-0.2, -0.15) is 0 Å². The molecule has 1 aromatic carbocycles. The lowest BCUT2D eigenvalue weighted by Gasteiger charge is -2.40. The normalized spacial score (nSPS) is 22.1. The zero-order chi connectivity index (χ0) is 18.6. The van der Waals surface area contributed by atoms with E-state index in [0.29, 0.717) is 18.3 Å². The molecule has 2 unspecified atom stereocenters. The van der Waals surface area contributed by atoms with Gasteiger partial charge in [0.15, 0.2) is 11.9 Å². The van der Waals surface area contributed by atoms with Crippen molar-refractivity contribution in [2.45, 2.75) is 32.5 Å². The first-order chi connectivity index (χ1) is 12.5. The summed E-state index contributed by atoms with van der Waals surface area (Å²) >= 11 is 0. The summed E-state index contributed by atoms with van der Waals surface area (Å²) in [6.07, 6.45) is 0.420. The number of carbonyl (C=O) groups excluding carboxylic acids is 2. The molecule has 0 radical (unpaired) electrons. The standard InChI is InChI=1S/C18H22N6O2/c1-5-10-23-13-15(21(3)18(26)22(4)16(13)25)24-14(19-20-17(23)24)12-8-6-11(2)7-9-12/h6-9,13,15H,5,10H2,1-4H3. The van der Waals surface area contributed by atoms with Gasteiger partial charge in [-0.15, -0.1) is 10.2 Å². The quantitative estimate of drug-likeness (QED) is 0.841. The van der Waals surface area contributed by atoms with Crippen molar-refractivity contribution in [3.63, 3.8) is 0 Å². The van der Waals surface area contributed by atoms with Crippen LogP contribution in [0.25, 0.3) is 11.4 Å². The van der Waals surface area contributed by atoms with Gasteiger partial charge in [0.1, 0.15) is 6.17 Å². The molecule has 2 atom stereocenters. The number of hydrogen-bond donors (Lipinski definition) is 0. The van der Waals surface area contributed by atoms with Crippen LogP contribution in [0.15, 0.2) is 24.3 Å². The van der Waals surface area contributed by atoms with Gasteiger partial charge >= 0.3 is 6.03 Å². The summed E-state index contributed by atoms with van der Waals surface area (Å²) in [5.41, 5.74) is 2.07. The van der Waals surface area contributed by atoms with Gasteiger partial charge in [0.25, 0.3) is 5.91 Å². The lowest BCUT2D eigenvalue weighted by atomic mass is 10.1. The van der Waals surface area contributed by atoms with E-state index in [0.717, 1.165) is 17.5 Å². The summed E-state index contributed by atoms with van der Waals surface area (Å²) in [6, 6.07) is 7.22. The van der Waals surface area contributed by atoms with E-state index >= 15 is 0 Å². The molecule has 2 aliphatic rings. The predicted molar refractivity (Wildman–Crippen MR) is 96.6 cm³/mol. The summed E-state index contributed by atoms with van der Waals surface area (Å²) in [6.45, 7) is 4.76. The molecule has 0 aliphatic carbocycles. The van der Waals surface area contributed by atoms with Crippen LogP contribution < -0.4 is 4.90 Å². The fourth-order valence-electron chi connectivity index (χ4n) is 3.82. The van der Waals surface area contributed by atoms with Gasteiger partial charge in [-0.25, -0.2) is 4.79 Å². The van der Waals surface area contributed by atoms with E-state index < -0.39 is 12.2 Å². The first-order valence-corrected chi connectivity index (χ1v) is 8.78. The molecule has 1 fully saturated rings. The minimum absolute atomic E-state index is 0.202. The maximum absolute atomic E-state index is 12.9. The van der Waals surface area contributed by atoms with Crippen molar-refractivity contribution in [2.75, 3.05) is 25.5 Å². The number of urea groups is 1. The van der Waals surface area contributed by atoms with E-state index in [1.54, 1.807) is 11.9 Å². The Hall–Kier alpha value is -2.90. The minimum atomic E-state index is -0.475. The molecule has 0 bridgehead atoms. The van der Waals surface area contributed by atoms with Crippen molar-refractivity contribution >= 4 is 17.9 Å². The average Bonchev–Trinajstić information content (AvgIpc) is 3.18. The van der Waals surface area contributed by atoms with Gasteiger partial charge in [-0.3, -0.25) is 14.3 Å². The predicted octanol–water partition coefficient (Wildman–Crippen LogP) is 1.87. The van der Waals surface area contributed by atoms with E-state index in [1.165, 1.54) is 11.9 Å². The minimum Gasteiger partial charge on any atom is -0.325 e. The largest absolute Gasteiger partial charge is 0.327 e. The molecule has 136 valence electrons. The number of fused-ring (bicyclic) bond motifs is 3. The number of hydrogen-bond acceptors (Lipinski definition) is 5. The Kier molecular flexibility index (Phi) is 3.71. The molecule has 2 aromatic rings. The Morgan fingerprint density at radius 2 is 1.77 bits per heavy atom. The highest BCUT2D eigenvalue weighted by molar-refractivity contribution is 6.02. The zero-order valence-corrected chi connectivity index (χ0v) is 15.4. The zero-order valence-electron chi connectivity index (χ0n) is 15.4. The second kappa shape index (κ2) is 5.82. The van der Waals surface area contributed by atoms with E-state index in [4.69, 9.17) is 0 Å². The smallest absolute Gasteiger partial charge is 0.325 e. The van der Waals surface area contributed by atoms with Crippen molar-refractivity contribution in [1.29, 1.82) is 0 Å². The number of carbonyl (C=O) groups is 2. The molecule has 2 aliphatic heterocycles. The second-order valence-electron chi connectivity index (χ2n) is 6.90. The number of likely N-dealkylation sites (N-methyl/N-ethyl adjacent to an activating group) is 2. The van der Waals surface area contributed by atoms with Crippen molar-refractivity contribution < 1.29 is 9.59 Å². The van der Waals surface area contributed by atoms with Crippen LogP contribution in [-0.4, -0.2) is 63.2 Å². The monoisotopic (exact) mass is 354 g/mol. The van der Waals surface area contributed by atoms with Gasteiger partial charge in [0.2, 0.25) is 5.95 Å². The molecule has 1 saturated heterocycles. The van der Waals surface area contributed by atoms with Gasteiger partial charge in [-0.1, -0.05) is 36.8 Å². The fourth-order valence-corrected chi connectivity index (χ4v) is 3.82. The van der Waals surface area contributed by atoms with Gasteiger partial charge in [-0.05, 0) is 13.3 Å². The van der Waals surface area contributed by atoms with Crippen molar-refractivity contribution in [1.82, 2.24) is 24.6 Å². The molecule has 4 rings (SSSR count). The maximum Gasteiger partial charge on any atom is 0.327 e. The number of benzene rings is 1. The van der Waals surface area contributed by atoms with Gasteiger partial charge in [0, 0.05) is 26.2 Å². The highest BCUT2D eigenvalue weighted by Gasteiger charge is 2.54. The first kappa shape index (κ1) is 16.6. The lowest BCUT2D eigenvalue weighted by Crippen LogP contribution is -2.61. The number of amides is 3. The summed E-state index contributed by atoms with van der Waals surface area (Å²) < 4.78 is 1.92. The van der Waals surface area contributed by atoms with Crippen molar-refractivity contribution in [3.8, 4) is 11.4 Å². The third-order valence-electron chi connectivity index (χ3n) is 5.16. The first-order valence-electron chi connectivity index (χ1n) is 8.78. The van der Waals surface area contributed by atoms with Crippen molar-refractivity contribution in [3.05, 3.63) is 29.8 Å². The van der Waals surface area contributed by atoms with Crippen LogP contribution in [0.1, 0.15) is 25.1 Å².